The van der Waals surface area contributed by atoms with E-state index in [4.69, 9.17) is 16.3 Å². The van der Waals surface area contributed by atoms with Crippen LogP contribution in [0.5, 0.6) is 0 Å². The van der Waals surface area contributed by atoms with E-state index in [-0.39, 0.29) is 23.4 Å². The van der Waals surface area contributed by atoms with Gasteiger partial charge in [0.1, 0.15) is 6.61 Å². The number of nitrogens with one attached hydrogen (secondary N) is 1. The van der Waals surface area contributed by atoms with Crippen LogP contribution in [0, 0.1) is 0 Å². The lowest BCUT2D eigenvalue weighted by Gasteiger charge is -2.23. The SMILES string of the molecule is O=C1CCC(c2cccc(-c3ccc(N4C(=O)OCC45CC5)cc3)c2Cl)C(=O)N1. The molecule has 148 valence electrons. The molecule has 1 spiro atoms. The Balaban J connectivity index is 1.45. The number of hydrogen-bond donors (Lipinski definition) is 1. The Morgan fingerprint density at radius 2 is 1.83 bits per heavy atom. The normalized spacial score (nSPS) is 22.6. The number of piperidine rings is 1. The zero-order chi connectivity index (χ0) is 20.2. The van der Waals surface area contributed by atoms with Gasteiger partial charge in [-0.3, -0.25) is 19.8 Å². The van der Waals surface area contributed by atoms with Gasteiger partial charge in [0.05, 0.1) is 16.5 Å². The van der Waals surface area contributed by atoms with Crippen molar-refractivity contribution in [2.75, 3.05) is 11.5 Å². The van der Waals surface area contributed by atoms with Crippen molar-refractivity contribution in [3.63, 3.8) is 0 Å². The van der Waals surface area contributed by atoms with E-state index in [0.29, 0.717) is 24.5 Å². The van der Waals surface area contributed by atoms with Gasteiger partial charge in [-0.1, -0.05) is 41.9 Å². The highest BCUT2D eigenvalue weighted by Crippen LogP contribution is 2.48. The Kier molecular flexibility index (Phi) is 4.13. The molecule has 5 rings (SSSR count). The average molecular weight is 411 g/mol. The molecule has 0 radical (unpaired) electrons. The molecule has 3 amide bonds. The van der Waals surface area contributed by atoms with E-state index >= 15 is 0 Å². The van der Waals surface area contributed by atoms with Gasteiger partial charge < -0.3 is 4.74 Å². The predicted octanol–water partition coefficient (Wildman–Crippen LogP) is 4.02. The van der Waals surface area contributed by atoms with Gasteiger partial charge in [0.2, 0.25) is 11.8 Å². The molecule has 29 heavy (non-hydrogen) atoms. The van der Waals surface area contributed by atoms with Crippen molar-refractivity contribution in [1.82, 2.24) is 5.32 Å². The third kappa shape index (κ3) is 2.99. The lowest BCUT2D eigenvalue weighted by molar-refractivity contribution is -0.134. The maximum absolute atomic E-state index is 12.3. The molecular formula is C22H19ClN2O4. The van der Waals surface area contributed by atoms with Crippen LogP contribution in [-0.4, -0.2) is 30.1 Å². The van der Waals surface area contributed by atoms with E-state index < -0.39 is 5.92 Å². The van der Waals surface area contributed by atoms with Crippen LogP contribution in [0.4, 0.5) is 10.5 Å². The monoisotopic (exact) mass is 410 g/mol. The van der Waals surface area contributed by atoms with Crippen LogP contribution in [0.2, 0.25) is 5.02 Å². The van der Waals surface area contributed by atoms with Crippen molar-refractivity contribution < 1.29 is 19.1 Å². The molecule has 0 aromatic heterocycles. The number of carbonyl (C=O) groups excluding carboxylic acids is 3. The first-order valence-corrected chi connectivity index (χ1v) is 10.1. The van der Waals surface area contributed by atoms with Gasteiger partial charge in [-0.2, -0.15) is 0 Å². The number of cyclic esters (lactones) is 1. The molecule has 1 unspecified atom stereocenters. The van der Waals surface area contributed by atoms with Gasteiger partial charge in [0.15, 0.2) is 0 Å². The number of carbonyl (C=O) groups is 3. The topological polar surface area (TPSA) is 75.7 Å². The van der Waals surface area contributed by atoms with E-state index in [1.165, 1.54) is 0 Å². The molecule has 2 aliphatic heterocycles. The van der Waals surface area contributed by atoms with Gasteiger partial charge in [-0.15, -0.1) is 0 Å². The number of imide groups is 1. The molecule has 1 aliphatic carbocycles. The van der Waals surface area contributed by atoms with E-state index in [0.717, 1.165) is 35.2 Å². The van der Waals surface area contributed by atoms with E-state index in [1.54, 1.807) is 4.90 Å². The summed E-state index contributed by atoms with van der Waals surface area (Å²) in [6.07, 6.45) is 2.37. The van der Waals surface area contributed by atoms with Gasteiger partial charge >= 0.3 is 6.09 Å². The minimum atomic E-state index is -0.437. The Bertz CT molecular complexity index is 1030. The van der Waals surface area contributed by atoms with Crippen LogP contribution in [0.25, 0.3) is 11.1 Å². The van der Waals surface area contributed by atoms with Crippen LogP contribution in [0.1, 0.15) is 37.2 Å². The highest BCUT2D eigenvalue weighted by atomic mass is 35.5. The van der Waals surface area contributed by atoms with E-state index in [1.807, 2.05) is 42.5 Å². The van der Waals surface area contributed by atoms with Crippen LogP contribution < -0.4 is 10.2 Å². The van der Waals surface area contributed by atoms with Crippen LogP contribution in [-0.2, 0) is 14.3 Å². The summed E-state index contributed by atoms with van der Waals surface area (Å²) in [7, 11) is 0. The summed E-state index contributed by atoms with van der Waals surface area (Å²) in [6, 6.07) is 13.2. The molecule has 1 N–H and O–H groups in total. The number of amides is 3. The van der Waals surface area contributed by atoms with Gasteiger partial charge in [-0.25, -0.2) is 4.79 Å². The molecule has 6 nitrogen and oxygen atoms in total. The Morgan fingerprint density at radius 1 is 1.07 bits per heavy atom. The lowest BCUT2D eigenvalue weighted by Crippen LogP contribution is -2.39. The molecule has 2 aromatic rings. The molecule has 2 aromatic carbocycles. The standard InChI is InChI=1S/C22H19ClN2O4/c23-19-15(2-1-3-16(19)17-8-9-18(26)24-20(17)27)13-4-6-14(7-5-13)25-21(28)29-12-22(25)10-11-22/h1-7,17H,8-12H2,(H,24,26,27). The van der Waals surface area contributed by atoms with Crippen molar-refractivity contribution in [1.29, 1.82) is 0 Å². The molecular weight excluding hydrogens is 392 g/mol. The van der Waals surface area contributed by atoms with Crippen LogP contribution in [0.3, 0.4) is 0 Å². The summed E-state index contributed by atoms with van der Waals surface area (Å²) in [5, 5.41) is 2.89. The largest absolute Gasteiger partial charge is 0.447 e. The number of anilines is 1. The van der Waals surface area contributed by atoms with Crippen LogP contribution >= 0.6 is 11.6 Å². The van der Waals surface area contributed by atoms with E-state index in [9.17, 15) is 14.4 Å². The summed E-state index contributed by atoms with van der Waals surface area (Å²) < 4.78 is 5.24. The molecule has 3 aliphatic rings. The second-order valence-corrected chi connectivity index (χ2v) is 8.25. The summed E-state index contributed by atoms with van der Waals surface area (Å²) in [4.78, 5) is 37.6. The Labute approximate surface area is 172 Å². The first kappa shape index (κ1) is 18.2. The van der Waals surface area contributed by atoms with Crippen molar-refractivity contribution in [2.45, 2.75) is 37.1 Å². The first-order valence-electron chi connectivity index (χ1n) is 9.68. The average Bonchev–Trinajstić information content (AvgIpc) is 3.41. The molecule has 3 fully saturated rings. The quantitative estimate of drug-likeness (QED) is 0.775. The van der Waals surface area contributed by atoms with Crippen molar-refractivity contribution in [3.8, 4) is 11.1 Å². The minimum absolute atomic E-state index is 0.165. The highest BCUT2D eigenvalue weighted by Gasteiger charge is 2.57. The molecule has 1 saturated carbocycles. The van der Waals surface area contributed by atoms with Crippen molar-refractivity contribution in [2.24, 2.45) is 0 Å². The Hall–Kier alpha value is -2.86. The number of hydrogen-bond acceptors (Lipinski definition) is 4. The fraction of sp³-hybridized carbons (Fsp3) is 0.318. The molecule has 7 heteroatoms. The summed E-state index contributed by atoms with van der Waals surface area (Å²) in [5.41, 5.74) is 3.07. The fourth-order valence-electron chi connectivity index (χ4n) is 4.23. The van der Waals surface area contributed by atoms with E-state index in [2.05, 4.69) is 5.32 Å². The minimum Gasteiger partial charge on any atom is -0.447 e. The molecule has 0 bridgehead atoms. The number of rotatable bonds is 3. The van der Waals surface area contributed by atoms with Gasteiger partial charge in [0, 0.05) is 17.7 Å². The summed E-state index contributed by atoms with van der Waals surface area (Å²) in [6.45, 7) is 0.452. The maximum atomic E-state index is 12.3. The zero-order valence-electron chi connectivity index (χ0n) is 15.6. The molecule has 1 atom stereocenters. The Morgan fingerprint density at radius 3 is 2.52 bits per heavy atom. The summed E-state index contributed by atoms with van der Waals surface area (Å²) >= 11 is 6.67. The van der Waals surface area contributed by atoms with Crippen molar-refractivity contribution in [3.05, 3.63) is 53.1 Å². The third-order valence-electron chi connectivity index (χ3n) is 6.03. The first-order chi connectivity index (χ1) is 14.0. The number of halogens is 1. The zero-order valence-corrected chi connectivity index (χ0v) is 16.4. The summed E-state index contributed by atoms with van der Waals surface area (Å²) in [5.74, 6) is -0.991. The van der Waals surface area contributed by atoms with Gasteiger partial charge in [-0.05, 0) is 42.5 Å². The smallest absolute Gasteiger partial charge is 0.415 e. The number of ether oxygens (including phenoxy) is 1. The highest BCUT2D eigenvalue weighted by molar-refractivity contribution is 6.34. The lowest BCUT2D eigenvalue weighted by atomic mass is 9.88. The fourth-order valence-corrected chi connectivity index (χ4v) is 4.60. The molecule has 2 saturated heterocycles. The molecule has 2 heterocycles. The van der Waals surface area contributed by atoms with Gasteiger partial charge in [0.25, 0.3) is 0 Å². The maximum Gasteiger partial charge on any atom is 0.415 e. The van der Waals surface area contributed by atoms with Crippen LogP contribution in [0.15, 0.2) is 42.5 Å². The predicted molar refractivity (Wildman–Crippen MR) is 108 cm³/mol. The number of benzene rings is 2. The number of nitrogens with zero attached hydrogens (tertiary/aromatic N) is 1. The third-order valence-corrected chi connectivity index (χ3v) is 6.45. The second kappa shape index (κ2) is 6.59. The van der Waals surface area contributed by atoms with Crippen molar-refractivity contribution >= 4 is 35.2 Å². The second-order valence-electron chi connectivity index (χ2n) is 7.87.